The number of carbonyl (C=O) groups excluding carboxylic acids is 1. The first-order chi connectivity index (χ1) is 10.1. The summed E-state index contributed by atoms with van der Waals surface area (Å²) in [5.74, 6) is 3.85. The lowest BCUT2D eigenvalue weighted by Crippen LogP contribution is -2.15. The number of hydrogen-bond donors (Lipinski definition) is 2. The van der Waals surface area contributed by atoms with Crippen LogP contribution in [0.4, 0.5) is 10.1 Å². The lowest BCUT2D eigenvalue weighted by atomic mass is 10.1. The van der Waals surface area contributed by atoms with Gasteiger partial charge in [0.25, 0.3) is 5.91 Å². The van der Waals surface area contributed by atoms with E-state index in [4.69, 9.17) is 16.7 Å². The van der Waals surface area contributed by atoms with Gasteiger partial charge in [-0.2, -0.15) is 0 Å². The van der Waals surface area contributed by atoms with Crippen molar-refractivity contribution in [3.63, 3.8) is 0 Å². The highest BCUT2D eigenvalue weighted by Crippen LogP contribution is 2.21. The minimum atomic E-state index is -0.695. The summed E-state index contributed by atoms with van der Waals surface area (Å²) >= 11 is 5.85. The van der Waals surface area contributed by atoms with E-state index in [2.05, 4.69) is 17.2 Å². The molecule has 21 heavy (non-hydrogen) atoms. The third-order valence-electron chi connectivity index (χ3n) is 2.67. The predicted molar refractivity (Wildman–Crippen MR) is 79.8 cm³/mol. The highest BCUT2D eigenvalue weighted by molar-refractivity contribution is 6.34. The third-order valence-corrected chi connectivity index (χ3v) is 2.98. The average Bonchev–Trinajstić information content (AvgIpc) is 2.46. The van der Waals surface area contributed by atoms with Crippen molar-refractivity contribution in [1.82, 2.24) is 0 Å². The van der Waals surface area contributed by atoms with Crippen LogP contribution in [0, 0.1) is 17.7 Å². The van der Waals surface area contributed by atoms with Gasteiger partial charge in [0.15, 0.2) is 0 Å². The number of carbonyl (C=O) groups is 1. The van der Waals surface area contributed by atoms with Crippen molar-refractivity contribution in [1.29, 1.82) is 0 Å². The molecule has 0 bridgehead atoms. The van der Waals surface area contributed by atoms with E-state index in [0.29, 0.717) is 11.3 Å². The number of halogens is 2. The van der Waals surface area contributed by atoms with Gasteiger partial charge in [0.05, 0.1) is 16.3 Å². The van der Waals surface area contributed by atoms with Crippen LogP contribution in [0.2, 0.25) is 5.02 Å². The topological polar surface area (TPSA) is 49.3 Å². The van der Waals surface area contributed by atoms with Gasteiger partial charge < -0.3 is 10.4 Å². The molecule has 2 rings (SSSR count). The smallest absolute Gasteiger partial charge is 0.260 e. The van der Waals surface area contributed by atoms with Crippen LogP contribution in [0.1, 0.15) is 15.9 Å². The molecule has 2 N–H and O–H groups in total. The van der Waals surface area contributed by atoms with Crippen LogP contribution in [0.25, 0.3) is 0 Å². The lowest BCUT2D eigenvalue weighted by Gasteiger charge is -2.09. The molecule has 0 unspecified atom stereocenters. The molecule has 0 spiro atoms. The monoisotopic (exact) mass is 303 g/mol. The molecule has 3 nitrogen and oxygen atoms in total. The normalized spacial score (nSPS) is 9.67. The molecule has 0 saturated heterocycles. The molecule has 106 valence electrons. The molecule has 5 heteroatoms. The minimum absolute atomic E-state index is 0.0337. The number of amides is 1. The van der Waals surface area contributed by atoms with Gasteiger partial charge in [-0.25, -0.2) is 4.39 Å². The molecule has 0 aliphatic heterocycles. The number of para-hydroxylation sites is 1. The Morgan fingerprint density at radius 2 is 2.00 bits per heavy atom. The molecule has 0 aliphatic rings. The second kappa shape index (κ2) is 6.89. The molecular formula is C16H11ClFNO2. The standard InChI is InChI=1S/C16H11ClFNO2/c17-12-7-3-8-13(18)15(12)16(21)19-14-9-2-1-5-11(14)6-4-10-20/h1-3,5,7-9,20H,10H2,(H,19,21). The van der Waals surface area contributed by atoms with Crippen LogP contribution >= 0.6 is 11.6 Å². The molecule has 0 atom stereocenters. The Morgan fingerprint density at radius 1 is 1.24 bits per heavy atom. The van der Waals surface area contributed by atoms with Crippen LogP contribution in [0.15, 0.2) is 42.5 Å². The summed E-state index contributed by atoms with van der Waals surface area (Å²) < 4.78 is 13.7. The number of benzene rings is 2. The molecule has 1 amide bonds. The fourth-order valence-electron chi connectivity index (χ4n) is 1.74. The third kappa shape index (κ3) is 3.60. The first-order valence-electron chi connectivity index (χ1n) is 6.07. The Balaban J connectivity index is 2.32. The number of rotatable bonds is 2. The molecule has 0 heterocycles. The number of anilines is 1. The molecule has 2 aromatic rings. The highest BCUT2D eigenvalue weighted by Gasteiger charge is 2.16. The van der Waals surface area contributed by atoms with E-state index >= 15 is 0 Å². The highest BCUT2D eigenvalue weighted by atomic mass is 35.5. The van der Waals surface area contributed by atoms with Gasteiger partial charge >= 0.3 is 0 Å². The van der Waals surface area contributed by atoms with E-state index in [9.17, 15) is 9.18 Å². The van der Waals surface area contributed by atoms with E-state index in [0.717, 1.165) is 6.07 Å². The zero-order valence-corrected chi connectivity index (χ0v) is 11.6. The average molecular weight is 304 g/mol. The maximum atomic E-state index is 13.7. The maximum Gasteiger partial charge on any atom is 0.260 e. The summed E-state index contributed by atoms with van der Waals surface area (Å²) in [6, 6.07) is 10.8. The van der Waals surface area contributed by atoms with Crippen LogP contribution < -0.4 is 5.32 Å². The molecule has 0 fully saturated rings. The summed E-state index contributed by atoms with van der Waals surface area (Å²) in [7, 11) is 0. The quantitative estimate of drug-likeness (QED) is 0.838. The Hall–Kier alpha value is -2.35. The van der Waals surface area contributed by atoms with Gasteiger partial charge in [-0.1, -0.05) is 41.6 Å². The maximum absolute atomic E-state index is 13.7. The van der Waals surface area contributed by atoms with E-state index in [1.165, 1.54) is 12.1 Å². The first kappa shape index (κ1) is 15.0. The summed E-state index contributed by atoms with van der Waals surface area (Å²) in [6.07, 6.45) is 0. The Labute approximate surface area is 126 Å². The second-order valence-electron chi connectivity index (χ2n) is 4.06. The Bertz CT molecular complexity index is 714. The van der Waals surface area contributed by atoms with Crippen molar-refractivity contribution in [2.45, 2.75) is 0 Å². The molecule has 0 saturated carbocycles. The van der Waals surface area contributed by atoms with Crippen LogP contribution in [0.5, 0.6) is 0 Å². The fraction of sp³-hybridized carbons (Fsp3) is 0.0625. The Morgan fingerprint density at radius 3 is 2.71 bits per heavy atom. The van der Waals surface area contributed by atoms with Crippen molar-refractivity contribution in [3.8, 4) is 11.8 Å². The number of aliphatic hydroxyl groups is 1. The largest absolute Gasteiger partial charge is 0.384 e. The Kier molecular flexibility index (Phi) is 4.94. The number of aliphatic hydroxyl groups excluding tert-OH is 1. The molecule has 0 aliphatic carbocycles. The molecular weight excluding hydrogens is 293 g/mol. The van der Waals surface area contributed by atoms with E-state index in [1.54, 1.807) is 24.3 Å². The van der Waals surface area contributed by atoms with Gasteiger partial charge in [0, 0.05) is 5.56 Å². The van der Waals surface area contributed by atoms with Crippen LogP contribution in [-0.4, -0.2) is 17.6 Å². The van der Waals surface area contributed by atoms with Gasteiger partial charge in [-0.3, -0.25) is 4.79 Å². The summed E-state index contributed by atoms with van der Waals surface area (Å²) in [5.41, 5.74) is 0.721. The van der Waals surface area contributed by atoms with Crippen molar-refractivity contribution in [3.05, 3.63) is 64.4 Å². The van der Waals surface area contributed by atoms with E-state index in [-0.39, 0.29) is 17.2 Å². The summed E-state index contributed by atoms with van der Waals surface area (Å²) in [5, 5.41) is 11.3. The predicted octanol–water partition coefficient (Wildman–Crippen LogP) is 3.08. The molecule has 2 aromatic carbocycles. The van der Waals surface area contributed by atoms with E-state index < -0.39 is 11.7 Å². The van der Waals surface area contributed by atoms with Crippen molar-refractivity contribution in [2.24, 2.45) is 0 Å². The van der Waals surface area contributed by atoms with Crippen molar-refractivity contribution in [2.75, 3.05) is 11.9 Å². The molecule has 0 aromatic heterocycles. The van der Waals surface area contributed by atoms with Gasteiger partial charge in [-0.05, 0) is 24.3 Å². The second-order valence-corrected chi connectivity index (χ2v) is 4.46. The SMILES string of the molecule is O=C(Nc1ccccc1C#CCO)c1c(F)cccc1Cl. The lowest BCUT2D eigenvalue weighted by molar-refractivity contribution is 0.102. The van der Waals surface area contributed by atoms with Crippen molar-refractivity contribution >= 4 is 23.2 Å². The number of nitrogens with one attached hydrogen (secondary N) is 1. The fourth-order valence-corrected chi connectivity index (χ4v) is 1.98. The van der Waals surface area contributed by atoms with E-state index in [1.807, 2.05) is 0 Å². The zero-order chi connectivity index (χ0) is 15.2. The van der Waals surface area contributed by atoms with Gasteiger partial charge in [0.1, 0.15) is 12.4 Å². The number of hydrogen-bond acceptors (Lipinski definition) is 2. The van der Waals surface area contributed by atoms with Crippen molar-refractivity contribution < 1.29 is 14.3 Å². The molecule has 0 radical (unpaired) electrons. The minimum Gasteiger partial charge on any atom is -0.384 e. The van der Waals surface area contributed by atoms with Gasteiger partial charge in [0.2, 0.25) is 0 Å². The zero-order valence-electron chi connectivity index (χ0n) is 10.9. The van der Waals surface area contributed by atoms with Crippen LogP contribution in [0.3, 0.4) is 0 Å². The summed E-state index contributed by atoms with van der Waals surface area (Å²) in [4.78, 5) is 12.1. The summed E-state index contributed by atoms with van der Waals surface area (Å²) in [6.45, 7) is -0.290. The van der Waals surface area contributed by atoms with Crippen LogP contribution in [-0.2, 0) is 0 Å². The van der Waals surface area contributed by atoms with Gasteiger partial charge in [-0.15, -0.1) is 0 Å². The first-order valence-corrected chi connectivity index (χ1v) is 6.45.